The molecule has 2 heterocycles. The zero-order chi connectivity index (χ0) is 20.2. The third kappa shape index (κ3) is 4.12. The highest BCUT2D eigenvalue weighted by molar-refractivity contribution is 5.81. The van der Waals surface area contributed by atoms with Gasteiger partial charge in [-0.15, -0.1) is 0 Å². The molecule has 152 valence electrons. The molecule has 0 radical (unpaired) electrons. The maximum Gasteiger partial charge on any atom is 0.329 e. The Morgan fingerprint density at radius 1 is 0.862 bits per heavy atom. The molecule has 0 spiro atoms. The Morgan fingerprint density at radius 2 is 1.48 bits per heavy atom. The third-order valence-corrected chi connectivity index (χ3v) is 5.82. The van der Waals surface area contributed by atoms with Crippen LogP contribution in [0.25, 0.3) is 11.0 Å². The van der Waals surface area contributed by atoms with Gasteiger partial charge >= 0.3 is 5.69 Å². The van der Waals surface area contributed by atoms with E-state index in [0.29, 0.717) is 6.54 Å². The lowest BCUT2D eigenvalue weighted by molar-refractivity contribution is -0.133. The Kier molecular flexibility index (Phi) is 5.81. The fourth-order valence-electron chi connectivity index (χ4n) is 4.12. The van der Waals surface area contributed by atoms with Gasteiger partial charge < -0.3 is 4.90 Å². The van der Waals surface area contributed by atoms with Crippen LogP contribution in [0.1, 0.15) is 12.5 Å². The van der Waals surface area contributed by atoms with Crippen LogP contribution >= 0.6 is 0 Å². The van der Waals surface area contributed by atoms with Crippen molar-refractivity contribution in [1.29, 1.82) is 0 Å². The van der Waals surface area contributed by atoms with Crippen LogP contribution in [0.4, 0.5) is 0 Å². The Hall–Kier alpha value is -2.86. The minimum atomic E-state index is -0.108. The van der Waals surface area contributed by atoms with E-state index in [9.17, 15) is 9.59 Å². The summed E-state index contributed by atoms with van der Waals surface area (Å²) < 4.78 is 3.34. The summed E-state index contributed by atoms with van der Waals surface area (Å²) >= 11 is 0. The van der Waals surface area contributed by atoms with Gasteiger partial charge in [0.1, 0.15) is 6.54 Å². The van der Waals surface area contributed by atoms with E-state index in [1.54, 1.807) is 9.13 Å². The van der Waals surface area contributed by atoms with Gasteiger partial charge in [0.25, 0.3) is 0 Å². The number of rotatable bonds is 6. The first-order chi connectivity index (χ1) is 14.2. The molecule has 6 heteroatoms. The van der Waals surface area contributed by atoms with E-state index in [2.05, 4.69) is 29.2 Å². The third-order valence-electron chi connectivity index (χ3n) is 5.82. The van der Waals surface area contributed by atoms with Crippen LogP contribution in [-0.4, -0.2) is 57.6 Å². The number of amides is 1. The van der Waals surface area contributed by atoms with Gasteiger partial charge in [-0.25, -0.2) is 4.79 Å². The van der Waals surface area contributed by atoms with Gasteiger partial charge in [-0.2, -0.15) is 0 Å². The molecule has 1 aromatic heterocycles. The van der Waals surface area contributed by atoms with E-state index in [-0.39, 0.29) is 18.1 Å². The summed E-state index contributed by atoms with van der Waals surface area (Å²) in [6.45, 7) is 6.86. The molecule has 2 aromatic carbocycles. The molecule has 0 saturated carbocycles. The van der Waals surface area contributed by atoms with Crippen molar-refractivity contribution in [3.63, 3.8) is 0 Å². The minimum Gasteiger partial charge on any atom is -0.339 e. The lowest BCUT2D eigenvalue weighted by Gasteiger charge is -2.34. The molecule has 6 nitrogen and oxygen atoms in total. The number of hydrogen-bond acceptors (Lipinski definition) is 3. The van der Waals surface area contributed by atoms with E-state index in [4.69, 9.17) is 0 Å². The second-order valence-electron chi connectivity index (χ2n) is 7.56. The fraction of sp³-hybridized carbons (Fsp3) is 0.391. The second kappa shape index (κ2) is 8.66. The first-order valence-corrected chi connectivity index (χ1v) is 10.4. The number of carbonyl (C=O) groups is 1. The average Bonchev–Trinajstić information content (AvgIpc) is 3.04. The second-order valence-corrected chi connectivity index (χ2v) is 7.56. The number of benzene rings is 2. The predicted molar refractivity (Wildman–Crippen MR) is 115 cm³/mol. The molecule has 1 fully saturated rings. The average molecular weight is 393 g/mol. The van der Waals surface area contributed by atoms with Crippen molar-refractivity contribution < 1.29 is 4.79 Å². The van der Waals surface area contributed by atoms with Crippen molar-refractivity contribution in [2.24, 2.45) is 0 Å². The lowest BCUT2D eigenvalue weighted by Crippen LogP contribution is -2.50. The number of piperazine rings is 1. The van der Waals surface area contributed by atoms with Gasteiger partial charge in [-0.05, 0) is 31.0 Å². The van der Waals surface area contributed by atoms with E-state index in [1.807, 2.05) is 42.2 Å². The standard InChI is InChI=1S/C23H28N4O2/c1-2-26-20-10-6-7-11-21(20)27(23(26)29)18-22(28)25-16-14-24(15-17-25)13-12-19-8-4-3-5-9-19/h3-11H,2,12-18H2,1H3. The summed E-state index contributed by atoms with van der Waals surface area (Å²) in [6, 6.07) is 18.2. The number of aromatic nitrogens is 2. The molecule has 0 bridgehead atoms. The summed E-state index contributed by atoms with van der Waals surface area (Å²) in [4.78, 5) is 29.9. The van der Waals surface area contributed by atoms with Gasteiger partial charge in [0.05, 0.1) is 11.0 Å². The van der Waals surface area contributed by atoms with Crippen molar-refractivity contribution >= 4 is 16.9 Å². The van der Waals surface area contributed by atoms with Crippen LogP contribution in [0.2, 0.25) is 0 Å². The maximum absolute atomic E-state index is 12.9. The van der Waals surface area contributed by atoms with Gasteiger partial charge in [0, 0.05) is 39.3 Å². The van der Waals surface area contributed by atoms with Crippen molar-refractivity contribution in [3.8, 4) is 0 Å². The van der Waals surface area contributed by atoms with E-state index >= 15 is 0 Å². The first-order valence-electron chi connectivity index (χ1n) is 10.4. The first kappa shape index (κ1) is 19.5. The van der Waals surface area contributed by atoms with Gasteiger partial charge in [0.2, 0.25) is 5.91 Å². The molecular formula is C23H28N4O2. The maximum atomic E-state index is 12.9. The topological polar surface area (TPSA) is 50.5 Å². The molecule has 29 heavy (non-hydrogen) atoms. The van der Waals surface area contributed by atoms with Crippen molar-refractivity contribution in [3.05, 3.63) is 70.6 Å². The largest absolute Gasteiger partial charge is 0.339 e. The highest BCUT2D eigenvalue weighted by Crippen LogP contribution is 2.13. The Morgan fingerprint density at radius 3 is 2.14 bits per heavy atom. The van der Waals surface area contributed by atoms with Crippen molar-refractivity contribution in [1.82, 2.24) is 18.9 Å². The van der Waals surface area contributed by atoms with E-state index in [1.165, 1.54) is 5.56 Å². The molecule has 3 aromatic rings. The molecule has 1 amide bonds. The highest BCUT2D eigenvalue weighted by atomic mass is 16.2. The summed E-state index contributed by atoms with van der Waals surface area (Å²) in [5, 5.41) is 0. The smallest absolute Gasteiger partial charge is 0.329 e. The lowest BCUT2D eigenvalue weighted by atomic mass is 10.1. The summed E-state index contributed by atoms with van der Waals surface area (Å²) in [7, 11) is 0. The number of aryl methyl sites for hydroxylation is 1. The summed E-state index contributed by atoms with van der Waals surface area (Å²) in [5.74, 6) is 0.0221. The van der Waals surface area contributed by atoms with Crippen molar-refractivity contribution in [2.45, 2.75) is 26.4 Å². The molecule has 1 aliphatic rings. The predicted octanol–water partition coefficient (Wildman–Crippen LogP) is 2.21. The number of nitrogens with zero attached hydrogens (tertiary/aromatic N) is 4. The number of imidazole rings is 1. The number of para-hydroxylation sites is 2. The van der Waals surface area contributed by atoms with Gasteiger partial charge in [0.15, 0.2) is 0 Å². The molecule has 1 saturated heterocycles. The molecule has 0 atom stereocenters. The Balaban J connectivity index is 1.37. The Labute approximate surface area is 171 Å². The summed E-state index contributed by atoms with van der Waals surface area (Å²) in [5.41, 5.74) is 2.95. The minimum absolute atomic E-state index is 0.0221. The van der Waals surface area contributed by atoms with Crippen LogP contribution < -0.4 is 5.69 Å². The summed E-state index contributed by atoms with van der Waals surface area (Å²) in [6.07, 6.45) is 1.03. The number of carbonyl (C=O) groups excluding carboxylic acids is 1. The quantitative estimate of drug-likeness (QED) is 0.646. The number of hydrogen-bond donors (Lipinski definition) is 0. The molecule has 4 rings (SSSR count). The molecule has 0 aliphatic carbocycles. The van der Waals surface area contributed by atoms with E-state index < -0.39 is 0 Å². The fourth-order valence-corrected chi connectivity index (χ4v) is 4.12. The monoisotopic (exact) mass is 392 g/mol. The highest BCUT2D eigenvalue weighted by Gasteiger charge is 2.23. The van der Waals surface area contributed by atoms with Crippen LogP contribution in [-0.2, 0) is 24.3 Å². The molecule has 1 aliphatic heterocycles. The van der Waals surface area contributed by atoms with Crippen LogP contribution in [0.5, 0.6) is 0 Å². The molecule has 0 N–H and O–H groups in total. The zero-order valence-corrected chi connectivity index (χ0v) is 17.0. The SMILES string of the molecule is CCn1c(=O)n(CC(=O)N2CCN(CCc3ccccc3)CC2)c2ccccc21. The Bertz CT molecular complexity index is 1030. The van der Waals surface area contributed by atoms with Crippen LogP contribution in [0.15, 0.2) is 59.4 Å². The molecule has 0 unspecified atom stereocenters. The van der Waals surface area contributed by atoms with Crippen molar-refractivity contribution in [2.75, 3.05) is 32.7 Å². The van der Waals surface area contributed by atoms with Gasteiger partial charge in [-0.1, -0.05) is 42.5 Å². The van der Waals surface area contributed by atoms with Crippen LogP contribution in [0, 0.1) is 0 Å². The molecular weight excluding hydrogens is 364 g/mol. The zero-order valence-electron chi connectivity index (χ0n) is 17.0. The van der Waals surface area contributed by atoms with E-state index in [0.717, 1.165) is 50.2 Å². The van der Waals surface area contributed by atoms with Crippen LogP contribution in [0.3, 0.4) is 0 Å². The van der Waals surface area contributed by atoms with Gasteiger partial charge in [-0.3, -0.25) is 18.8 Å². The number of fused-ring (bicyclic) bond motifs is 1. The normalized spacial score (nSPS) is 15.1.